The molecule has 1 amide bonds. The van der Waals surface area contributed by atoms with Crippen LogP contribution in [0.1, 0.15) is 37.8 Å². The monoisotopic (exact) mass is 247 g/mol. The number of likely N-dealkylation sites (tertiary alicyclic amines) is 1. The summed E-state index contributed by atoms with van der Waals surface area (Å²) in [6.07, 6.45) is -0.202. The summed E-state index contributed by atoms with van der Waals surface area (Å²) in [7, 11) is 0. The Morgan fingerprint density at radius 2 is 1.89 bits per heavy atom. The van der Waals surface area contributed by atoms with Crippen LogP contribution in [-0.4, -0.2) is 29.7 Å². The Morgan fingerprint density at radius 1 is 1.28 bits per heavy atom. The van der Waals surface area contributed by atoms with E-state index in [1.807, 2.05) is 26.8 Å². The highest BCUT2D eigenvalue weighted by atomic mass is 16.6. The number of hydrogen-bond donors (Lipinski definition) is 0. The third-order valence-electron chi connectivity index (χ3n) is 3.16. The minimum atomic E-state index is -0.412. The molecule has 1 aliphatic heterocycles. The summed E-state index contributed by atoms with van der Waals surface area (Å²) < 4.78 is 5.34. The van der Waals surface area contributed by atoms with Crippen LogP contribution in [0.2, 0.25) is 0 Å². The van der Waals surface area contributed by atoms with Gasteiger partial charge in [0.05, 0.1) is 0 Å². The predicted molar refractivity (Wildman–Crippen MR) is 71.7 cm³/mol. The molecule has 3 nitrogen and oxygen atoms in total. The molecule has 18 heavy (non-hydrogen) atoms. The number of carbonyl (C=O) groups is 1. The van der Waals surface area contributed by atoms with Gasteiger partial charge in [0.1, 0.15) is 5.60 Å². The van der Waals surface area contributed by atoms with E-state index in [-0.39, 0.29) is 6.09 Å². The molecule has 1 saturated heterocycles. The van der Waals surface area contributed by atoms with E-state index in [9.17, 15) is 4.79 Å². The van der Waals surface area contributed by atoms with Crippen LogP contribution in [0.3, 0.4) is 0 Å². The molecule has 1 aromatic carbocycles. The third kappa shape index (κ3) is 2.84. The fourth-order valence-electron chi connectivity index (χ4n) is 2.20. The lowest BCUT2D eigenvalue weighted by Crippen LogP contribution is -2.50. The quantitative estimate of drug-likeness (QED) is 0.761. The second-order valence-corrected chi connectivity index (χ2v) is 5.94. The number of amides is 1. The van der Waals surface area contributed by atoms with Crippen molar-refractivity contribution >= 4 is 6.09 Å². The summed E-state index contributed by atoms with van der Waals surface area (Å²) in [6, 6.07) is 8.36. The van der Waals surface area contributed by atoms with E-state index in [2.05, 4.69) is 25.1 Å². The Morgan fingerprint density at radius 3 is 2.44 bits per heavy atom. The summed E-state index contributed by atoms with van der Waals surface area (Å²) in [4.78, 5) is 13.6. The van der Waals surface area contributed by atoms with Crippen LogP contribution < -0.4 is 0 Å². The SMILES string of the molecule is Cc1ccccc1C1CN(C(=O)OC(C)(C)C)C1. The minimum absolute atomic E-state index is 0.202. The molecule has 0 N–H and O–H groups in total. The van der Waals surface area contributed by atoms with Gasteiger partial charge in [0.2, 0.25) is 0 Å². The lowest BCUT2D eigenvalue weighted by Gasteiger charge is -2.40. The van der Waals surface area contributed by atoms with E-state index < -0.39 is 5.60 Å². The second-order valence-electron chi connectivity index (χ2n) is 5.94. The molecule has 1 fully saturated rings. The average molecular weight is 247 g/mol. The number of nitrogens with zero attached hydrogens (tertiary/aromatic N) is 1. The molecule has 0 radical (unpaired) electrons. The van der Waals surface area contributed by atoms with Crippen molar-refractivity contribution in [3.8, 4) is 0 Å². The Balaban J connectivity index is 1.91. The summed E-state index contributed by atoms with van der Waals surface area (Å²) in [5.41, 5.74) is 2.23. The largest absolute Gasteiger partial charge is 0.444 e. The molecule has 1 heterocycles. The molecule has 0 atom stereocenters. The number of rotatable bonds is 1. The molecule has 0 aliphatic carbocycles. The van der Waals surface area contributed by atoms with Gasteiger partial charge < -0.3 is 9.64 Å². The topological polar surface area (TPSA) is 29.5 Å². The smallest absolute Gasteiger partial charge is 0.410 e. The van der Waals surface area contributed by atoms with E-state index in [1.165, 1.54) is 11.1 Å². The molecular formula is C15H21NO2. The van der Waals surface area contributed by atoms with Crippen molar-refractivity contribution in [1.82, 2.24) is 4.90 Å². The molecule has 3 heteroatoms. The van der Waals surface area contributed by atoms with Crippen LogP contribution in [0.15, 0.2) is 24.3 Å². The highest BCUT2D eigenvalue weighted by Gasteiger charge is 2.34. The fraction of sp³-hybridized carbons (Fsp3) is 0.533. The van der Waals surface area contributed by atoms with E-state index in [0.717, 1.165) is 13.1 Å². The molecular weight excluding hydrogens is 226 g/mol. The van der Waals surface area contributed by atoms with Gasteiger partial charge in [0.25, 0.3) is 0 Å². The first-order chi connectivity index (χ1) is 8.37. The maximum absolute atomic E-state index is 11.8. The van der Waals surface area contributed by atoms with Crippen LogP contribution in [0.4, 0.5) is 4.79 Å². The standard InChI is InChI=1S/C15H21NO2/c1-11-7-5-6-8-13(11)12-9-16(10-12)14(17)18-15(2,3)4/h5-8,12H,9-10H2,1-4H3. The van der Waals surface area contributed by atoms with Crippen molar-refractivity contribution in [2.75, 3.05) is 13.1 Å². The lowest BCUT2D eigenvalue weighted by molar-refractivity contribution is 0.00814. The zero-order valence-corrected chi connectivity index (χ0v) is 11.6. The van der Waals surface area contributed by atoms with Crippen molar-refractivity contribution in [2.24, 2.45) is 0 Å². The zero-order valence-electron chi connectivity index (χ0n) is 11.6. The van der Waals surface area contributed by atoms with Gasteiger partial charge in [-0.05, 0) is 38.8 Å². The molecule has 0 saturated carbocycles. The van der Waals surface area contributed by atoms with E-state index in [4.69, 9.17) is 4.74 Å². The summed E-state index contributed by atoms with van der Waals surface area (Å²) in [5.74, 6) is 0.457. The van der Waals surface area contributed by atoms with Crippen molar-refractivity contribution in [3.05, 3.63) is 35.4 Å². The molecule has 0 bridgehead atoms. The molecule has 98 valence electrons. The first-order valence-corrected chi connectivity index (χ1v) is 6.40. The lowest BCUT2D eigenvalue weighted by atomic mass is 9.89. The summed E-state index contributed by atoms with van der Waals surface area (Å²) in [5, 5.41) is 0. The molecule has 0 aromatic heterocycles. The molecule has 0 unspecified atom stereocenters. The van der Waals surface area contributed by atoms with Crippen molar-refractivity contribution < 1.29 is 9.53 Å². The van der Waals surface area contributed by atoms with Gasteiger partial charge in [0.15, 0.2) is 0 Å². The van der Waals surface area contributed by atoms with Crippen LogP contribution in [0.25, 0.3) is 0 Å². The van der Waals surface area contributed by atoms with Gasteiger partial charge in [0, 0.05) is 19.0 Å². The summed E-state index contributed by atoms with van der Waals surface area (Å²) in [6.45, 7) is 9.32. The van der Waals surface area contributed by atoms with Gasteiger partial charge in [-0.2, -0.15) is 0 Å². The van der Waals surface area contributed by atoms with Crippen LogP contribution in [0.5, 0.6) is 0 Å². The Kier molecular flexibility index (Phi) is 3.33. The second kappa shape index (κ2) is 4.63. The van der Waals surface area contributed by atoms with Crippen LogP contribution in [0, 0.1) is 6.92 Å². The van der Waals surface area contributed by atoms with Crippen molar-refractivity contribution in [1.29, 1.82) is 0 Å². The number of aryl methyl sites for hydroxylation is 1. The first kappa shape index (κ1) is 12.9. The maximum Gasteiger partial charge on any atom is 0.410 e. The van der Waals surface area contributed by atoms with E-state index in [0.29, 0.717) is 5.92 Å². The number of hydrogen-bond acceptors (Lipinski definition) is 2. The fourth-order valence-corrected chi connectivity index (χ4v) is 2.20. The molecule has 1 aliphatic rings. The van der Waals surface area contributed by atoms with Gasteiger partial charge in [-0.3, -0.25) is 0 Å². The zero-order chi connectivity index (χ0) is 13.3. The van der Waals surface area contributed by atoms with E-state index in [1.54, 1.807) is 4.90 Å². The van der Waals surface area contributed by atoms with E-state index >= 15 is 0 Å². The van der Waals surface area contributed by atoms with Gasteiger partial charge in [-0.25, -0.2) is 4.79 Å². The number of benzene rings is 1. The normalized spacial score (nSPS) is 16.3. The Hall–Kier alpha value is -1.51. The van der Waals surface area contributed by atoms with Gasteiger partial charge in [-0.1, -0.05) is 24.3 Å². The third-order valence-corrected chi connectivity index (χ3v) is 3.16. The van der Waals surface area contributed by atoms with Crippen LogP contribution >= 0.6 is 0 Å². The Bertz CT molecular complexity index is 442. The minimum Gasteiger partial charge on any atom is -0.444 e. The van der Waals surface area contributed by atoms with Crippen LogP contribution in [-0.2, 0) is 4.74 Å². The maximum atomic E-state index is 11.8. The highest BCUT2D eigenvalue weighted by Crippen LogP contribution is 2.30. The first-order valence-electron chi connectivity index (χ1n) is 6.40. The van der Waals surface area contributed by atoms with Gasteiger partial charge >= 0.3 is 6.09 Å². The number of carbonyl (C=O) groups excluding carboxylic acids is 1. The Labute approximate surface area is 109 Å². The molecule has 0 spiro atoms. The average Bonchev–Trinajstić information content (AvgIpc) is 2.15. The van der Waals surface area contributed by atoms with Gasteiger partial charge in [-0.15, -0.1) is 0 Å². The number of ether oxygens (including phenoxy) is 1. The van der Waals surface area contributed by atoms with Crippen molar-refractivity contribution in [3.63, 3.8) is 0 Å². The molecule has 2 rings (SSSR count). The molecule has 1 aromatic rings. The highest BCUT2D eigenvalue weighted by molar-refractivity contribution is 5.69. The summed E-state index contributed by atoms with van der Waals surface area (Å²) >= 11 is 0. The van der Waals surface area contributed by atoms with Crippen molar-refractivity contribution in [2.45, 2.75) is 39.2 Å². The predicted octanol–water partition coefficient (Wildman–Crippen LogP) is 3.33.